The second kappa shape index (κ2) is 6.90. The minimum atomic E-state index is -4.56. The molecule has 0 fully saturated rings. The highest BCUT2D eigenvalue weighted by atomic mass is 19.4. The molecule has 0 bridgehead atoms. The number of halogens is 3. The Morgan fingerprint density at radius 2 is 1.84 bits per heavy atom. The molecule has 1 aromatic carbocycles. The zero-order valence-electron chi connectivity index (χ0n) is 15.0. The van der Waals surface area contributed by atoms with E-state index in [2.05, 4.69) is 9.97 Å². The van der Waals surface area contributed by atoms with Gasteiger partial charge in [-0.1, -0.05) is 32.9 Å². The van der Waals surface area contributed by atoms with Gasteiger partial charge in [0.25, 0.3) is 0 Å². The molecule has 1 heterocycles. The monoisotopic (exact) mass is 353 g/mol. The molecule has 0 amide bonds. The number of ether oxygens (including phenoxy) is 1. The van der Waals surface area contributed by atoms with Crippen molar-refractivity contribution in [2.24, 2.45) is 0 Å². The van der Waals surface area contributed by atoms with Gasteiger partial charge in [-0.15, -0.1) is 0 Å². The van der Waals surface area contributed by atoms with Gasteiger partial charge in [0.1, 0.15) is 5.56 Å². The lowest BCUT2D eigenvalue weighted by Crippen LogP contribution is -2.20. The Balaban J connectivity index is 2.54. The lowest BCUT2D eigenvalue weighted by molar-refractivity contribution is -0.137. The molecule has 0 unspecified atom stereocenters. The van der Waals surface area contributed by atoms with Crippen LogP contribution >= 0.6 is 0 Å². The normalized spacial score (nSPS) is 12.2. The number of alkyl halides is 3. The maximum atomic E-state index is 13.4. The zero-order valence-corrected chi connectivity index (χ0v) is 15.0. The Kier molecular flexibility index (Phi) is 5.25. The molecule has 1 aromatic heterocycles. The largest absolute Gasteiger partial charge is 0.464 e. The fourth-order valence-electron chi connectivity index (χ4n) is 2.31. The van der Waals surface area contributed by atoms with E-state index in [4.69, 9.17) is 4.74 Å². The van der Waals surface area contributed by atoms with Gasteiger partial charge in [0.15, 0.2) is 5.82 Å². The average Bonchev–Trinajstić information content (AvgIpc) is 2.52. The lowest BCUT2D eigenvalue weighted by Gasteiger charge is -2.25. The first kappa shape index (κ1) is 19.0. The van der Waals surface area contributed by atoms with Gasteiger partial charge in [0.05, 0.1) is 6.61 Å². The fourth-order valence-corrected chi connectivity index (χ4v) is 2.31. The molecule has 25 heavy (non-hydrogen) atoms. The van der Waals surface area contributed by atoms with E-state index in [1.54, 1.807) is 20.0 Å². The smallest absolute Gasteiger partial charge is 0.421 e. The van der Waals surface area contributed by atoms with E-state index in [1.807, 2.05) is 39.0 Å². The van der Waals surface area contributed by atoms with Crippen LogP contribution in [0.4, 0.5) is 24.7 Å². The molecule has 0 aliphatic rings. The molecule has 0 saturated carbocycles. The van der Waals surface area contributed by atoms with Crippen LogP contribution in [0.3, 0.4) is 0 Å². The van der Waals surface area contributed by atoms with Gasteiger partial charge in [-0.3, -0.25) is 0 Å². The van der Waals surface area contributed by atoms with Crippen molar-refractivity contribution in [2.75, 3.05) is 18.6 Å². The van der Waals surface area contributed by atoms with Crippen LogP contribution in [-0.2, 0) is 11.6 Å². The van der Waals surface area contributed by atoms with E-state index in [9.17, 15) is 13.2 Å². The molecular formula is C18H22F3N3O. The average molecular weight is 353 g/mol. The van der Waals surface area contributed by atoms with E-state index >= 15 is 0 Å². The summed E-state index contributed by atoms with van der Waals surface area (Å²) in [7, 11) is 1.55. The zero-order chi connectivity index (χ0) is 18.8. The lowest BCUT2D eigenvalue weighted by atomic mass is 9.87. The fraction of sp³-hybridized carbons (Fsp3) is 0.444. The minimum Gasteiger partial charge on any atom is -0.464 e. The summed E-state index contributed by atoms with van der Waals surface area (Å²) < 4.78 is 45.3. The topological polar surface area (TPSA) is 38.2 Å². The number of anilines is 2. The van der Waals surface area contributed by atoms with Crippen LogP contribution < -0.4 is 9.64 Å². The van der Waals surface area contributed by atoms with E-state index in [-0.39, 0.29) is 23.9 Å². The summed E-state index contributed by atoms with van der Waals surface area (Å²) >= 11 is 0. The molecule has 7 heteroatoms. The third kappa shape index (κ3) is 4.41. The van der Waals surface area contributed by atoms with Crippen molar-refractivity contribution in [3.05, 3.63) is 41.6 Å². The van der Waals surface area contributed by atoms with Gasteiger partial charge in [0, 0.05) is 18.9 Å². The highest BCUT2D eigenvalue weighted by molar-refractivity contribution is 5.63. The number of benzene rings is 1. The first-order valence-electron chi connectivity index (χ1n) is 7.95. The van der Waals surface area contributed by atoms with Crippen LogP contribution in [-0.4, -0.2) is 23.6 Å². The maximum absolute atomic E-state index is 13.4. The van der Waals surface area contributed by atoms with Gasteiger partial charge in [-0.25, -0.2) is 4.98 Å². The van der Waals surface area contributed by atoms with Crippen LogP contribution in [0, 0.1) is 0 Å². The van der Waals surface area contributed by atoms with Crippen molar-refractivity contribution < 1.29 is 17.9 Å². The molecule has 0 N–H and O–H groups in total. The van der Waals surface area contributed by atoms with Crippen LogP contribution in [0.1, 0.15) is 38.8 Å². The van der Waals surface area contributed by atoms with Gasteiger partial charge >= 0.3 is 12.2 Å². The number of hydrogen-bond donors (Lipinski definition) is 0. The van der Waals surface area contributed by atoms with Crippen molar-refractivity contribution in [1.82, 2.24) is 9.97 Å². The first-order chi connectivity index (χ1) is 11.5. The van der Waals surface area contributed by atoms with Crippen LogP contribution in [0.15, 0.2) is 30.5 Å². The third-order valence-corrected chi connectivity index (χ3v) is 3.74. The van der Waals surface area contributed by atoms with Crippen molar-refractivity contribution in [1.29, 1.82) is 0 Å². The Bertz CT molecular complexity index is 739. The molecular weight excluding hydrogens is 331 g/mol. The Morgan fingerprint density at radius 1 is 1.16 bits per heavy atom. The summed E-state index contributed by atoms with van der Waals surface area (Å²) in [6.45, 7) is 8.13. The number of aromatic nitrogens is 2. The highest BCUT2D eigenvalue weighted by Gasteiger charge is 2.36. The summed E-state index contributed by atoms with van der Waals surface area (Å²) in [5.74, 6) is -0.239. The predicted molar refractivity (Wildman–Crippen MR) is 91.4 cm³/mol. The number of hydrogen-bond acceptors (Lipinski definition) is 4. The molecule has 2 aromatic rings. The summed E-state index contributed by atoms with van der Waals surface area (Å²) in [5, 5.41) is 0. The summed E-state index contributed by atoms with van der Waals surface area (Å²) in [4.78, 5) is 9.02. The minimum absolute atomic E-state index is 0.0793. The van der Waals surface area contributed by atoms with Crippen LogP contribution in [0.25, 0.3) is 0 Å². The van der Waals surface area contributed by atoms with E-state index in [1.165, 1.54) is 4.90 Å². The summed E-state index contributed by atoms with van der Waals surface area (Å²) in [5.41, 5.74) is 0.606. The first-order valence-corrected chi connectivity index (χ1v) is 7.95. The van der Waals surface area contributed by atoms with Crippen molar-refractivity contribution in [2.45, 2.75) is 39.3 Å². The number of nitrogens with zero attached hydrogens (tertiary/aromatic N) is 3. The highest BCUT2D eigenvalue weighted by Crippen LogP contribution is 2.38. The van der Waals surface area contributed by atoms with Gasteiger partial charge in [-0.05, 0) is 30.0 Å². The molecule has 0 atom stereocenters. The molecule has 136 valence electrons. The van der Waals surface area contributed by atoms with Crippen molar-refractivity contribution in [3.8, 4) is 6.01 Å². The summed E-state index contributed by atoms with van der Waals surface area (Å²) in [6.07, 6.45) is -3.80. The van der Waals surface area contributed by atoms with Crippen LogP contribution in [0.2, 0.25) is 0 Å². The maximum Gasteiger partial charge on any atom is 0.421 e. The quantitative estimate of drug-likeness (QED) is 0.779. The second-order valence-electron chi connectivity index (χ2n) is 6.68. The Labute approximate surface area is 145 Å². The second-order valence-corrected chi connectivity index (χ2v) is 6.68. The van der Waals surface area contributed by atoms with Gasteiger partial charge < -0.3 is 9.64 Å². The van der Waals surface area contributed by atoms with E-state index in [0.717, 1.165) is 11.8 Å². The molecule has 0 radical (unpaired) electrons. The van der Waals surface area contributed by atoms with Crippen molar-refractivity contribution >= 4 is 11.5 Å². The van der Waals surface area contributed by atoms with E-state index in [0.29, 0.717) is 5.69 Å². The molecule has 0 spiro atoms. The van der Waals surface area contributed by atoms with E-state index < -0.39 is 11.7 Å². The Morgan fingerprint density at radius 3 is 2.40 bits per heavy atom. The molecule has 0 saturated heterocycles. The molecule has 2 rings (SSSR count). The SMILES string of the molecule is CCOc1ncc(C(F)(F)F)c(N(C)c2cccc(C(C)(C)C)c2)n1. The van der Waals surface area contributed by atoms with Crippen molar-refractivity contribution in [3.63, 3.8) is 0 Å². The molecule has 4 nitrogen and oxygen atoms in total. The predicted octanol–water partition coefficient (Wildman–Crippen LogP) is 4.96. The van der Waals surface area contributed by atoms with Crippen LogP contribution in [0.5, 0.6) is 6.01 Å². The Hall–Kier alpha value is -2.31. The standard InChI is InChI=1S/C18H22F3N3O/c1-6-25-16-22-11-14(18(19,20)21)15(23-16)24(5)13-9-7-8-12(10-13)17(2,3)4/h7-11H,6H2,1-5H3. The van der Waals surface area contributed by atoms with Gasteiger partial charge in [-0.2, -0.15) is 18.2 Å². The number of rotatable bonds is 4. The molecule has 0 aliphatic heterocycles. The van der Waals surface area contributed by atoms with Gasteiger partial charge in [0.2, 0.25) is 0 Å². The third-order valence-electron chi connectivity index (χ3n) is 3.74. The summed E-state index contributed by atoms with van der Waals surface area (Å²) in [6, 6.07) is 7.31. The molecule has 0 aliphatic carbocycles.